The maximum Gasteiger partial charge on any atom is 0.282 e. The fourth-order valence-electron chi connectivity index (χ4n) is 8.52. The summed E-state index contributed by atoms with van der Waals surface area (Å²) in [6, 6.07) is 20.1. The Bertz CT molecular complexity index is 2130. The van der Waals surface area contributed by atoms with Gasteiger partial charge in [-0.15, -0.1) is 11.3 Å². The van der Waals surface area contributed by atoms with Crippen LogP contribution in [0.1, 0.15) is 91.5 Å². The molecule has 1 aliphatic carbocycles. The summed E-state index contributed by atoms with van der Waals surface area (Å²) in [7, 11) is 0. The van der Waals surface area contributed by atoms with Crippen molar-refractivity contribution in [1.82, 2.24) is 24.8 Å². The van der Waals surface area contributed by atoms with Gasteiger partial charge in [-0.2, -0.15) is 4.98 Å². The normalized spacial score (nSPS) is 17.6. The van der Waals surface area contributed by atoms with Gasteiger partial charge in [-0.1, -0.05) is 73.3 Å². The Morgan fingerprint density at radius 2 is 1.86 bits per heavy atom. The summed E-state index contributed by atoms with van der Waals surface area (Å²) in [4.78, 5) is 50.6. The molecule has 5 aromatic rings. The monoisotopic (exact) mass is 691 g/mol. The molecule has 1 saturated carbocycles. The first-order valence-corrected chi connectivity index (χ1v) is 18.5. The number of fused-ring (bicyclic) bond motifs is 7. The molecule has 1 atom stereocenters. The highest BCUT2D eigenvalue weighted by Gasteiger charge is 2.46. The Balaban J connectivity index is 1.01. The number of piperidine rings is 1. The number of carbonyl (C=O) groups is 2. The fourth-order valence-corrected chi connectivity index (χ4v) is 9.58. The Morgan fingerprint density at radius 3 is 2.57 bits per heavy atom. The number of carbonyl (C=O) groups excluding carboxylic acids is 2. The summed E-state index contributed by atoms with van der Waals surface area (Å²) in [5.41, 5.74) is 8.72. The maximum absolute atomic E-state index is 13.6. The number of benzene rings is 3. The van der Waals surface area contributed by atoms with E-state index in [-0.39, 0.29) is 23.3 Å². The van der Waals surface area contributed by atoms with Gasteiger partial charge in [0.2, 0.25) is 12.3 Å². The van der Waals surface area contributed by atoms with Gasteiger partial charge in [-0.3, -0.25) is 19.0 Å². The van der Waals surface area contributed by atoms with Crippen LogP contribution >= 0.6 is 22.9 Å². The van der Waals surface area contributed by atoms with Gasteiger partial charge < -0.3 is 10.2 Å². The van der Waals surface area contributed by atoms with Crippen molar-refractivity contribution in [3.63, 3.8) is 0 Å². The van der Waals surface area contributed by atoms with Crippen molar-refractivity contribution in [3.8, 4) is 16.1 Å². The average Bonchev–Trinajstić information content (AvgIpc) is 3.67. The lowest BCUT2D eigenvalue weighted by atomic mass is 9.69. The molecule has 8 rings (SSSR count). The molecule has 0 radical (unpaired) electrons. The number of thiazole rings is 1. The summed E-state index contributed by atoms with van der Waals surface area (Å²) in [6.07, 6.45) is 7.97. The largest absolute Gasteiger partial charge is 0.351 e. The average molecular weight is 692 g/mol. The van der Waals surface area contributed by atoms with E-state index < -0.39 is 6.04 Å². The van der Waals surface area contributed by atoms with Crippen molar-refractivity contribution in [2.24, 2.45) is 0 Å². The second kappa shape index (κ2) is 12.8. The van der Waals surface area contributed by atoms with Crippen LogP contribution in [0.5, 0.6) is 0 Å². The molecule has 49 heavy (non-hydrogen) atoms. The molecule has 4 heterocycles. The van der Waals surface area contributed by atoms with Gasteiger partial charge in [0.1, 0.15) is 5.82 Å². The van der Waals surface area contributed by atoms with E-state index >= 15 is 0 Å². The van der Waals surface area contributed by atoms with Crippen LogP contribution in [0.15, 0.2) is 71.0 Å². The minimum atomic E-state index is -0.396. The smallest absolute Gasteiger partial charge is 0.282 e. The van der Waals surface area contributed by atoms with E-state index in [9.17, 15) is 14.4 Å². The second-order valence-electron chi connectivity index (χ2n) is 13.7. The molecule has 2 aliphatic heterocycles. The highest BCUT2D eigenvalue weighted by Crippen LogP contribution is 2.52. The number of halogens is 1. The first-order chi connectivity index (χ1) is 23.9. The van der Waals surface area contributed by atoms with E-state index in [0.29, 0.717) is 35.8 Å². The van der Waals surface area contributed by atoms with Crippen LogP contribution in [0.2, 0.25) is 5.02 Å². The van der Waals surface area contributed by atoms with Crippen molar-refractivity contribution in [2.75, 3.05) is 13.1 Å². The van der Waals surface area contributed by atoms with Crippen LogP contribution in [0.4, 0.5) is 0 Å². The number of hydrogen-bond donors (Lipinski definition) is 1. The molecule has 250 valence electrons. The number of rotatable bonds is 7. The summed E-state index contributed by atoms with van der Waals surface area (Å²) in [5, 5.41) is 3.77. The van der Waals surface area contributed by atoms with Crippen LogP contribution in [0, 0.1) is 6.92 Å². The third-order valence-corrected chi connectivity index (χ3v) is 12.4. The topological polar surface area (TPSA) is 97.2 Å². The molecule has 2 fully saturated rings. The highest BCUT2D eigenvalue weighted by atomic mass is 35.5. The van der Waals surface area contributed by atoms with E-state index in [1.54, 1.807) is 17.4 Å². The molecule has 3 aromatic carbocycles. The Hall–Kier alpha value is -4.34. The van der Waals surface area contributed by atoms with Gasteiger partial charge in [0.15, 0.2) is 0 Å². The van der Waals surface area contributed by atoms with E-state index in [1.807, 2.05) is 53.7 Å². The van der Waals surface area contributed by atoms with Gasteiger partial charge in [0, 0.05) is 13.1 Å². The Kier molecular flexibility index (Phi) is 8.36. The van der Waals surface area contributed by atoms with Gasteiger partial charge >= 0.3 is 0 Å². The van der Waals surface area contributed by atoms with Crippen LogP contribution in [-0.4, -0.2) is 44.8 Å². The Morgan fingerprint density at radius 1 is 1.08 bits per heavy atom. The number of nitrogens with zero attached hydrogens (tertiary/aromatic N) is 4. The summed E-state index contributed by atoms with van der Waals surface area (Å²) >= 11 is 8.17. The third-order valence-electron chi connectivity index (χ3n) is 11.1. The van der Waals surface area contributed by atoms with Crippen LogP contribution in [0.25, 0.3) is 27.0 Å². The minimum absolute atomic E-state index is 0.0423. The zero-order valence-electron chi connectivity index (χ0n) is 27.5. The lowest BCUT2D eigenvalue weighted by molar-refractivity contribution is -0.132. The van der Waals surface area contributed by atoms with E-state index in [0.717, 1.165) is 77.3 Å². The minimum Gasteiger partial charge on any atom is -0.351 e. The molecule has 10 heteroatoms. The van der Waals surface area contributed by atoms with Crippen molar-refractivity contribution in [3.05, 3.63) is 110 Å². The standard InChI is InChI=1S/C39H38ClN5O3S/c1-24-36(49-23-42-24)27-10-8-26(9-11-27)31(41-22-46)21-34(47)44-18-14-25(15-19-44)28-12-13-29-33(20-28)45-32-7-5-6-30(40)35(32)37(48)43-38(45)39(29)16-3-2-4-17-39/h5-13,20,22-23,25,31H,2-4,14-19,21H2,1H3,(H,41,46). The molecule has 1 saturated heterocycles. The predicted octanol–water partition coefficient (Wildman–Crippen LogP) is 7.62. The number of nitrogens with one attached hydrogen (secondary N) is 1. The van der Waals surface area contributed by atoms with E-state index in [1.165, 1.54) is 17.5 Å². The van der Waals surface area contributed by atoms with Gasteiger partial charge in [-0.05, 0) is 79.0 Å². The number of aryl methyl sites for hydroxylation is 1. The van der Waals surface area contributed by atoms with Crippen molar-refractivity contribution >= 4 is 46.2 Å². The van der Waals surface area contributed by atoms with Gasteiger partial charge in [0.25, 0.3) is 5.56 Å². The van der Waals surface area contributed by atoms with Crippen molar-refractivity contribution in [2.45, 2.75) is 75.7 Å². The summed E-state index contributed by atoms with van der Waals surface area (Å²) in [6.45, 7) is 3.31. The zero-order valence-corrected chi connectivity index (χ0v) is 29.0. The molecule has 1 unspecified atom stereocenters. The van der Waals surface area contributed by atoms with Crippen molar-refractivity contribution in [1.29, 1.82) is 0 Å². The SMILES string of the molecule is Cc1ncsc1-c1ccc(C(CC(=O)N2CCC(c3ccc4c(c3)-n3c(nc(=O)c5c(Cl)cccc53)C43CCCCC3)CC2)NC=O)cc1. The molecule has 1 N–H and O–H groups in total. The maximum atomic E-state index is 13.6. The molecular weight excluding hydrogens is 654 g/mol. The lowest BCUT2D eigenvalue weighted by Crippen LogP contribution is -2.39. The molecule has 3 aliphatic rings. The van der Waals surface area contributed by atoms with Gasteiger partial charge in [-0.25, -0.2) is 4.98 Å². The fraction of sp³-hybridized carbons (Fsp3) is 0.359. The molecular formula is C39H38ClN5O3S. The van der Waals surface area contributed by atoms with E-state index in [4.69, 9.17) is 16.6 Å². The van der Waals surface area contributed by atoms with Crippen LogP contribution in [-0.2, 0) is 15.0 Å². The third kappa shape index (κ3) is 5.47. The molecule has 0 bridgehead atoms. The second-order valence-corrected chi connectivity index (χ2v) is 15.0. The lowest BCUT2D eigenvalue weighted by Gasteiger charge is -2.34. The number of amides is 2. The molecule has 1 spiro atoms. The first kappa shape index (κ1) is 31.9. The summed E-state index contributed by atoms with van der Waals surface area (Å²) in [5.74, 6) is 1.20. The van der Waals surface area contributed by atoms with E-state index in [2.05, 4.69) is 33.1 Å². The number of likely N-dealkylation sites (tertiary alicyclic amines) is 1. The van der Waals surface area contributed by atoms with Crippen LogP contribution < -0.4 is 10.9 Å². The quantitative estimate of drug-likeness (QED) is 0.177. The Labute approximate surface area is 294 Å². The highest BCUT2D eigenvalue weighted by molar-refractivity contribution is 7.13. The predicted molar refractivity (Wildman–Crippen MR) is 194 cm³/mol. The molecule has 2 aromatic heterocycles. The molecule has 8 nitrogen and oxygen atoms in total. The van der Waals surface area contributed by atoms with Crippen LogP contribution in [0.3, 0.4) is 0 Å². The zero-order chi connectivity index (χ0) is 33.7. The first-order valence-electron chi connectivity index (χ1n) is 17.2. The number of hydrogen-bond acceptors (Lipinski definition) is 6. The van der Waals surface area contributed by atoms with Gasteiger partial charge in [0.05, 0.1) is 55.6 Å². The summed E-state index contributed by atoms with van der Waals surface area (Å²) < 4.78 is 2.20. The number of aromatic nitrogens is 3. The molecule has 2 amide bonds. The van der Waals surface area contributed by atoms with Crippen molar-refractivity contribution < 1.29 is 9.59 Å².